The van der Waals surface area contributed by atoms with Gasteiger partial charge < -0.3 is 9.94 Å². The van der Waals surface area contributed by atoms with Gasteiger partial charge in [0.15, 0.2) is 0 Å². The molecule has 0 bridgehead atoms. The van der Waals surface area contributed by atoms with Gasteiger partial charge in [-0.1, -0.05) is 37.1 Å². The van der Waals surface area contributed by atoms with Crippen LogP contribution in [0, 0.1) is 0 Å². The Kier molecular flexibility index (Phi) is 4.44. The van der Waals surface area contributed by atoms with Crippen LogP contribution >= 0.6 is 15.9 Å². The van der Waals surface area contributed by atoms with Crippen LogP contribution in [0.5, 0.6) is 5.88 Å². The molecular formula is C14H15BrN2O3. The molecule has 0 atom stereocenters. The van der Waals surface area contributed by atoms with Crippen molar-refractivity contribution in [1.29, 1.82) is 0 Å². The van der Waals surface area contributed by atoms with E-state index in [0.29, 0.717) is 16.3 Å². The first-order valence-corrected chi connectivity index (χ1v) is 6.97. The van der Waals surface area contributed by atoms with Crippen molar-refractivity contribution in [1.82, 2.24) is 9.94 Å². The molecule has 0 saturated heterocycles. The number of benzene rings is 1. The molecule has 1 N–H and O–H groups in total. The second kappa shape index (κ2) is 6.09. The molecule has 0 aliphatic heterocycles. The number of carbonyl (C=O) groups excluding carboxylic acids is 1. The van der Waals surface area contributed by atoms with Gasteiger partial charge in [0.1, 0.15) is 6.61 Å². The zero-order valence-corrected chi connectivity index (χ0v) is 12.8. The number of rotatable bonds is 5. The van der Waals surface area contributed by atoms with E-state index in [9.17, 15) is 4.79 Å². The SMILES string of the molecule is CC(C)c1cccc(C(=O)Br)c1COc1ccn(O)n1. The van der Waals surface area contributed by atoms with Gasteiger partial charge in [0.2, 0.25) is 10.6 Å². The standard InChI is InChI=1S/C14H15BrN2O3/c1-9(2)10-4-3-5-11(14(15)18)12(10)8-20-13-6-7-17(19)16-13/h3-7,9,19H,8H2,1-2H3. The monoisotopic (exact) mass is 338 g/mol. The van der Waals surface area contributed by atoms with Gasteiger partial charge in [-0.25, -0.2) is 0 Å². The smallest absolute Gasteiger partial charge is 0.236 e. The van der Waals surface area contributed by atoms with Gasteiger partial charge in [-0.3, -0.25) is 4.79 Å². The normalized spacial score (nSPS) is 10.8. The Balaban J connectivity index is 2.30. The molecule has 1 aromatic heterocycles. The predicted octanol–water partition coefficient (Wildman–Crippen LogP) is 3.36. The average Bonchev–Trinajstić information content (AvgIpc) is 2.81. The van der Waals surface area contributed by atoms with Crippen molar-refractivity contribution >= 4 is 20.6 Å². The van der Waals surface area contributed by atoms with E-state index >= 15 is 0 Å². The zero-order valence-electron chi connectivity index (χ0n) is 11.2. The largest absolute Gasteiger partial charge is 0.472 e. The third kappa shape index (κ3) is 3.19. The van der Waals surface area contributed by atoms with Crippen LogP contribution in [0.2, 0.25) is 0 Å². The summed E-state index contributed by atoms with van der Waals surface area (Å²) in [6, 6.07) is 7.14. The summed E-state index contributed by atoms with van der Waals surface area (Å²) in [7, 11) is 0. The van der Waals surface area contributed by atoms with Crippen molar-refractivity contribution in [2.75, 3.05) is 0 Å². The van der Waals surface area contributed by atoms with Crippen LogP contribution in [0.15, 0.2) is 30.5 Å². The first-order valence-electron chi connectivity index (χ1n) is 6.18. The Morgan fingerprint density at radius 3 is 2.75 bits per heavy atom. The molecule has 0 aliphatic rings. The summed E-state index contributed by atoms with van der Waals surface area (Å²) in [5.74, 6) is 0.579. The van der Waals surface area contributed by atoms with Gasteiger partial charge in [0.25, 0.3) is 0 Å². The fourth-order valence-corrected chi connectivity index (χ4v) is 2.38. The van der Waals surface area contributed by atoms with E-state index in [4.69, 9.17) is 9.94 Å². The van der Waals surface area contributed by atoms with E-state index in [1.165, 1.54) is 6.20 Å². The van der Waals surface area contributed by atoms with Crippen molar-refractivity contribution in [2.45, 2.75) is 26.4 Å². The van der Waals surface area contributed by atoms with E-state index in [0.717, 1.165) is 11.1 Å². The fourth-order valence-electron chi connectivity index (χ4n) is 2.01. The number of aromatic nitrogens is 2. The number of nitrogens with zero attached hydrogens (tertiary/aromatic N) is 2. The molecule has 0 saturated carbocycles. The van der Waals surface area contributed by atoms with Crippen molar-refractivity contribution in [3.05, 3.63) is 47.2 Å². The molecule has 6 heteroatoms. The molecule has 0 radical (unpaired) electrons. The Bertz CT molecular complexity index is 623. The topological polar surface area (TPSA) is 64.3 Å². The highest BCUT2D eigenvalue weighted by Crippen LogP contribution is 2.25. The van der Waals surface area contributed by atoms with Gasteiger partial charge in [-0.05, 0) is 27.4 Å². The average molecular weight is 339 g/mol. The summed E-state index contributed by atoms with van der Waals surface area (Å²) < 4.78 is 5.35. The second-order valence-electron chi connectivity index (χ2n) is 4.66. The summed E-state index contributed by atoms with van der Waals surface area (Å²) in [6.45, 7) is 4.34. The molecule has 1 heterocycles. The van der Waals surface area contributed by atoms with Crippen LogP contribution in [0.4, 0.5) is 0 Å². The number of ether oxygens (including phenoxy) is 1. The van der Waals surface area contributed by atoms with Crippen LogP contribution in [0.3, 0.4) is 0 Å². The minimum atomic E-state index is -0.175. The maximum Gasteiger partial charge on any atom is 0.236 e. The summed E-state index contributed by atoms with van der Waals surface area (Å²) in [4.78, 5) is 12.3. The first kappa shape index (κ1) is 14.6. The molecule has 0 fully saturated rings. The predicted molar refractivity (Wildman–Crippen MR) is 77.5 cm³/mol. The van der Waals surface area contributed by atoms with Crippen molar-refractivity contribution in [3.8, 4) is 5.88 Å². The third-order valence-electron chi connectivity index (χ3n) is 2.96. The second-order valence-corrected chi connectivity index (χ2v) is 5.39. The summed E-state index contributed by atoms with van der Waals surface area (Å²) in [5.41, 5.74) is 2.47. The van der Waals surface area contributed by atoms with E-state index < -0.39 is 0 Å². The lowest BCUT2D eigenvalue weighted by Gasteiger charge is -2.15. The van der Waals surface area contributed by atoms with E-state index in [2.05, 4.69) is 34.9 Å². The zero-order chi connectivity index (χ0) is 14.7. The van der Waals surface area contributed by atoms with Crippen molar-refractivity contribution in [3.63, 3.8) is 0 Å². The van der Waals surface area contributed by atoms with E-state index in [-0.39, 0.29) is 17.2 Å². The van der Waals surface area contributed by atoms with E-state index in [1.807, 2.05) is 12.1 Å². The van der Waals surface area contributed by atoms with Crippen LogP contribution in [0.1, 0.15) is 41.3 Å². The van der Waals surface area contributed by atoms with Gasteiger partial charge in [-0.15, -0.1) is 4.85 Å². The third-order valence-corrected chi connectivity index (χ3v) is 3.39. The van der Waals surface area contributed by atoms with Crippen molar-refractivity contribution < 1.29 is 14.7 Å². The molecule has 0 unspecified atom stereocenters. The van der Waals surface area contributed by atoms with Gasteiger partial charge >= 0.3 is 0 Å². The Morgan fingerprint density at radius 1 is 1.45 bits per heavy atom. The lowest BCUT2D eigenvalue weighted by Crippen LogP contribution is -2.08. The quantitative estimate of drug-likeness (QED) is 0.670. The van der Waals surface area contributed by atoms with Gasteiger partial charge in [0.05, 0.1) is 6.20 Å². The van der Waals surface area contributed by atoms with Crippen molar-refractivity contribution in [2.24, 2.45) is 0 Å². The van der Waals surface area contributed by atoms with Crippen LogP contribution in [-0.4, -0.2) is 19.8 Å². The highest BCUT2D eigenvalue weighted by molar-refractivity contribution is 9.18. The molecular weight excluding hydrogens is 324 g/mol. The van der Waals surface area contributed by atoms with Crippen LogP contribution in [-0.2, 0) is 6.61 Å². The molecule has 106 valence electrons. The highest BCUT2D eigenvalue weighted by Gasteiger charge is 2.16. The minimum Gasteiger partial charge on any atom is -0.472 e. The summed E-state index contributed by atoms with van der Waals surface area (Å²) in [6.07, 6.45) is 1.38. The lowest BCUT2D eigenvalue weighted by molar-refractivity contribution is 0.109. The van der Waals surface area contributed by atoms with Crippen LogP contribution < -0.4 is 4.74 Å². The Hall–Kier alpha value is -1.82. The minimum absolute atomic E-state index is 0.175. The number of hydrogen-bond donors (Lipinski definition) is 1. The first-order chi connectivity index (χ1) is 9.49. The maximum absolute atomic E-state index is 11.7. The van der Waals surface area contributed by atoms with Crippen LogP contribution in [0.25, 0.3) is 0 Å². The number of carbonyl (C=O) groups is 1. The van der Waals surface area contributed by atoms with Gasteiger partial charge in [0, 0.05) is 17.2 Å². The molecule has 0 amide bonds. The Labute approximate surface area is 125 Å². The molecule has 2 aromatic rings. The maximum atomic E-state index is 11.7. The fraction of sp³-hybridized carbons (Fsp3) is 0.286. The van der Waals surface area contributed by atoms with Gasteiger partial charge in [-0.2, -0.15) is 0 Å². The molecule has 2 rings (SSSR count). The lowest BCUT2D eigenvalue weighted by atomic mass is 9.94. The number of hydrogen-bond acceptors (Lipinski definition) is 4. The molecule has 0 spiro atoms. The molecule has 20 heavy (non-hydrogen) atoms. The highest BCUT2D eigenvalue weighted by atomic mass is 79.9. The molecule has 5 nitrogen and oxygen atoms in total. The number of halogens is 1. The summed E-state index contributed by atoms with van der Waals surface area (Å²) >= 11 is 2.99. The van der Waals surface area contributed by atoms with E-state index in [1.54, 1.807) is 12.1 Å². The molecule has 0 aliphatic carbocycles. The Morgan fingerprint density at radius 2 is 2.20 bits per heavy atom. The summed E-state index contributed by atoms with van der Waals surface area (Å²) in [5, 5.41) is 12.8. The molecule has 1 aromatic carbocycles.